The molecule has 0 heterocycles. The van der Waals surface area contributed by atoms with Crippen molar-refractivity contribution in [1.82, 2.24) is 0 Å². The van der Waals surface area contributed by atoms with E-state index in [9.17, 15) is 4.79 Å². The van der Waals surface area contributed by atoms with Crippen LogP contribution in [-0.4, -0.2) is 20.1 Å². The molecule has 0 aliphatic rings. The van der Waals surface area contributed by atoms with Crippen LogP contribution in [0.1, 0.15) is 18.4 Å². The third-order valence-electron chi connectivity index (χ3n) is 4.57. The van der Waals surface area contributed by atoms with Gasteiger partial charge in [0.05, 0.1) is 24.4 Å². The number of carbonyl (C=O) groups is 1. The van der Waals surface area contributed by atoms with Gasteiger partial charge >= 0.3 is 0 Å². The fourth-order valence-corrected chi connectivity index (χ4v) is 2.98. The molecule has 1 amide bonds. The smallest absolute Gasteiger partial charge is 0.234 e. The molecule has 3 aromatic carbocycles. The highest BCUT2D eigenvalue weighted by Gasteiger charge is 2.21. The second-order valence-corrected chi connectivity index (χ2v) is 6.15. The summed E-state index contributed by atoms with van der Waals surface area (Å²) in [4.78, 5) is 14.5. The first kappa shape index (κ1) is 16.8. The summed E-state index contributed by atoms with van der Waals surface area (Å²) in [6.07, 6.45) is 0. The zero-order valence-electron chi connectivity index (χ0n) is 14.7. The summed E-state index contributed by atoms with van der Waals surface area (Å²) in [7, 11) is 3.41. The lowest BCUT2D eigenvalue weighted by Crippen LogP contribution is -2.31. The maximum atomic E-state index is 12.9. The molecule has 4 heteroatoms. The lowest BCUT2D eigenvalue weighted by molar-refractivity contribution is -0.119. The van der Waals surface area contributed by atoms with E-state index in [0.717, 1.165) is 27.8 Å². The molecule has 4 nitrogen and oxygen atoms in total. The molecule has 25 heavy (non-hydrogen) atoms. The molecule has 0 radical (unpaired) electrons. The number of carbonyl (C=O) groups excluding carboxylic acids is 1. The molecule has 3 rings (SSSR count). The maximum absolute atomic E-state index is 12.9. The lowest BCUT2D eigenvalue weighted by atomic mass is 9.96. The van der Waals surface area contributed by atoms with Gasteiger partial charge in [-0.1, -0.05) is 36.4 Å². The first-order valence-corrected chi connectivity index (χ1v) is 8.21. The fourth-order valence-electron chi connectivity index (χ4n) is 2.98. The Hall–Kier alpha value is -3.01. The maximum Gasteiger partial charge on any atom is 0.234 e. The number of rotatable bonds is 4. The Balaban J connectivity index is 1.89. The van der Waals surface area contributed by atoms with Crippen molar-refractivity contribution in [2.24, 2.45) is 0 Å². The normalized spacial score (nSPS) is 12.0. The Kier molecular flexibility index (Phi) is 4.61. The van der Waals surface area contributed by atoms with Gasteiger partial charge in [-0.2, -0.15) is 0 Å². The quantitative estimate of drug-likeness (QED) is 0.728. The summed E-state index contributed by atoms with van der Waals surface area (Å²) < 4.78 is 5.26. The molecule has 0 saturated carbocycles. The number of nitrogens with zero attached hydrogens (tertiary/aromatic N) is 1. The third kappa shape index (κ3) is 3.29. The average molecular weight is 334 g/mol. The Bertz CT molecular complexity index is 921. The van der Waals surface area contributed by atoms with E-state index in [1.54, 1.807) is 25.1 Å². The second kappa shape index (κ2) is 6.85. The minimum absolute atomic E-state index is 0.00533. The van der Waals surface area contributed by atoms with Crippen molar-refractivity contribution in [2.75, 3.05) is 24.8 Å². The monoisotopic (exact) mass is 334 g/mol. The van der Waals surface area contributed by atoms with E-state index in [2.05, 4.69) is 6.07 Å². The summed E-state index contributed by atoms with van der Waals surface area (Å²) >= 11 is 0. The van der Waals surface area contributed by atoms with E-state index in [1.807, 2.05) is 55.5 Å². The van der Waals surface area contributed by atoms with Crippen molar-refractivity contribution >= 4 is 28.1 Å². The third-order valence-corrected chi connectivity index (χ3v) is 4.57. The number of para-hydroxylation sites is 2. The van der Waals surface area contributed by atoms with E-state index in [0.29, 0.717) is 5.69 Å². The zero-order valence-corrected chi connectivity index (χ0v) is 14.7. The van der Waals surface area contributed by atoms with Crippen molar-refractivity contribution in [2.45, 2.75) is 12.8 Å². The standard InChI is InChI=1S/C21H22N2O2/c1-14(21(24)23(2)20-7-5-4-6-19(20)22)15-8-9-17-13-18(25-3)11-10-16(17)12-15/h4-14H,22H2,1-3H3/t14-/m0/s1. The van der Waals surface area contributed by atoms with E-state index < -0.39 is 0 Å². The highest BCUT2D eigenvalue weighted by Crippen LogP contribution is 2.28. The molecule has 0 aliphatic heterocycles. The average Bonchev–Trinajstić information content (AvgIpc) is 2.65. The zero-order chi connectivity index (χ0) is 18.0. The van der Waals surface area contributed by atoms with Gasteiger partial charge in [0.2, 0.25) is 5.91 Å². The van der Waals surface area contributed by atoms with Gasteiger partial charge in [0.25, 0.3) is 0 Å². The molecule has 2 N–H and O–H groups in total. The number of ether oxygens (including phenoxy) is 1. The number of benzene rings is 3. The van der Waals surface area contributed by atoms with E-state index >= 15 is 0 Å². The van der Waals surface area contributed by atoms with Crippen LogP contribution >= 0.6 is 0 Å². The highest BCUT2D eigenvalue weighted by atomic mass is 16.5. The summed E-state index contributed by atoms with van der Waals surface area (Å²) in [5.74, 6) is 0.561. The van der Waals surface area contributed by atoms with Crippen LogP contribution in [0.15, 0.2) is 60.7 Å². The minimum Gasteiger partial charge on any atom is -0.497 e. The molecular formula is C21H22N2O2. The van der Waals surface area contributed by atoms with Gasteiger partial charge in [0.1, 0.15) is 5.75 Å². The predicted octanol–water partition coefficient (Wildman–Crippen LogP) is 4.20. The molecule has 0 saturated heterocycles. The summed E-state index contributed by atoms with van der Waals surface area (Å²) in [5, 5.41) is 2.17. The molecule has 0 unspecified atom stereocenters. The lowest BCUT2D eigenvalue weighted by Gasteiger charge is -2.23. The van der Waals surface area contributed by atoms with Crippen LogP contribution < -0.4 is 15.4 Å². The first-order chi connectivity index (χ1) is 12.0. The molecule has 0 bridgehead atoms. The van der Waals surface area contributed by atoms with Crippen molar-refractivity contribution in [3.05, 3.63) is 66.2 Å². The number of anilines is 2. The SMILES string of the molecule is COc1ccc2cc([C@H](C)C(=O)N(C)c3ccccc3N)ccc2c1. The van der Waals surface area contributed by atoms with Gasteiger partial charge < -0.3 is 15.4 Å². The van der Waals surface area contributed by atoms with Gasteiger partial charge in [0.15, 0.2) is 0 Å². The van der Waals surface area contributed by atoms with Crippen molar-refractivity contribution in [3.63, 3.8) is 0 Å². The van der Waals surface area contributed by atoms with Gasteiger partial charge in [-0.05, 0) is 47.5 Å². The Morgan fingerprint density at radius 1 is 1.04 bits per heavy atom. The number of hydrogen-bond acceptors (Lipinski definition) is 3. The van der Waals surface area contributed by atoms with Crippen LogP contribution in [-0.2, 0) is 4.79 Å². The second-order valence-electron chi connectivity index (χ2n) is 6.15. The van der Waals surface area contributed by atoms with Crippen LogP contribution in [0.4, 0.5) is 11.4 Å². The molecule has 128 valence electrons. The largest absolute Gasteiger partial charge is 0.497 e. The summed E-state index contributed by atoms with van der Waals surface area (Å²) in [6, 6.07) is 19.4. The van der Waals surface area contributed by atoms with Gasteiger partial charge in [-0.25, -0.2) is 0 Å². The Morgan fingerprint density at radius 3 is 2.44 bits per heavy atom. The van der Waals surface area contributed by atoms with Crippen molar-refractivity contribution < 1.29 is 9.53 Å². The fraction of sp³-hybridized carbons (Fsp3) is 0.190. The topological polar surface area (TPSA) is 55.6 Å². The molecule has 1 atom stereocenters. The van der Waals surface area contributed by atoms with Crippen LogP contribution in [0.5, 0.6) is 5.75 Å². The van der Waals surface area contributed by atoms with Crippen LogP contribution in [0.3, 0.4) is 0 Å². The van der Waals surface area contributed by atoms with Gasteiger partial charge in [0, 0.05) is 7.05 Å². The Morgan fingerprint density at radius 2 is 1.72 bits per heavy atom. The summed E-state index contributed by atoms with van der Waals surface area (Å²) in [5.41, 5.74) is 8.29. The molecule has 0 fully saturated rings. The number of methoxy groups -OCH3 is 1. The van der Waals surface area contributed by atoms with Crippen LogP contribution in [0, 0.1) is 0 Å². The number of likely N-dealkylation sites (N-methyl/N-ethyl adjacent to an activating group) is 1. The van der Waals surface area contributed by atoms with Crippen molar-refractivity contribution in [1.29, 1.82) is 0 Å². The van der Waals surface area contributed by atoms with E-state index in [4.69, 9.17) is 10.5 Å². The van der Waals surface area contributed by atoms with Gasteiger partial charge in [-0.3, -0.25) is 4.79 Å². The molecule has 0 aliphatic carbocycles. The minimum atomic E-state index is -0.267. The van der Waals surface area contributed by atoms with Gasteiger partial charge in [-0.15, -0.1) is 0 Å². The van der Waals surface area contributed by atoms with Crippen LogP contribution in [0.2, 0.25) is 0 Å². The Labute approximate surface area is 147 Å². The predicted molar refractivity (Wildman–Crippen MR) is 103 cm³/mol. The summed E-state index contributed by atoms with van der Waals surface area (Å²) in [6.45, 7) is 1.92. The molecule has 0 spiro atoms. The molecule has 0 aromatic heterocycles. The molecular weight excluding hydrogens is 312 g/mol. The van der Waals surface area contributed by atoms with E-state index in [1.165, 1.54) is 0 Å². The van der Waals surface area contributed by atoms with E-state index in [-0.39, 0.29) is 11.8 Å². The number of nitrogens with two attached hydrogens (primary N) is 1. The first-order valence-electron chi connectivity index (χ1n) is 8.21. The number of amides is 1. The highest BCUT2D eigenvalue weighted by molar-refractivity contribution is 6.00. The number of nitrogen functional groups attached to an aromatic ring is 1. The number of fused-ring (bicyclic) bond motifs is 1. The van der Waals surface area contributed by atoms with Crippen molar-refractivity contribution in [3.8, 4) is 5.75 Å². The van der Waals surface area contributed by atoms with Crippen LogP contribution in [0.25, 0.3) is 10.8 Å². The molecule has 3 aromatic rings. The number of hydrogen-bond donors (Lipinski definition) is 1.